The molecular weight excluding hydrogens is 464 g/mol. The summed E-state index contributed by atoms with van der Waals surface area (Å²) in [5, 5.41) is 33.2. The number of H-pyrrole nitrogens is 2. The van der Waals surface area contributed by atoms with Crippen LogP contribution in [0.2, 0.25) is 0 Å². The average Bonchev–Trinajstić information content (AvgIpc) is 3.13. The second kappa shape index (κ2) is 11.8. The molecule has 3 unspecified atom stereocenters. The van der Waals surface area contributed by atoms with Crippen LogP contribution in [0.5, 0.6) is 0 Å². The second-order valence-electron chi connectivity index (χ2n) is 9.98. The standard InChI is InChI=1S/C16H22N2O2.C12H8N2.Ca/c1-11-14(13(19)10-16(2,3)4)15(20)18(17-11)12-8-6-5-7-9-12;1-3-9-5-6-10-4-2-8-14-12(10)11(9)13-7-1;/h5-9,13-15H,10H2,1-4H3;1-8H;/q-2;;+2/p+2. The van der Waals surface area contributed by atoms with Crippen molar-refractivity contribution < 1.29 is 20.2 Å². The molecule has 4 aromatic rings. The molecule has 2 aromatic carbocycles. The van der Waals surface area contributed by atoms with Gasteiger partial charge in [0.2, 0.25) is 0 Å². The number of para-hydroxylation sites is 1. The van der Waals surface area contributed by atoms with E-state index in [1.165, 1.54) is 15.8 Å². The van der Waals surface area contributed by atoms with Crippen molar-refractivity contribution in [1.82, 2.24) is 0 Å². The van der Waals surface area contributed by atoms with Gasteiger partial charge in [0.05, 0.1) is 16.5 Å². The van der Waals surface area contributed by atoms with Gasteiger partial charge in [0.1, 0.15) is 0 Å². The molecule has 7 heteroatoms. The van der Waals surface area contributed by atoms with Crippen LogP contribution in [0.15, 0.2) is 84.2 Å². The zero-order valence-electron chi connectivity index (χ0n) is 20.9. The van der Waals surface area contributed by atoms with Gasteiger partial charge in [-0.05, 0) is 60.9 Å². The van der Waals surface area contributed by atoms with Crippen LogP contribution < -0.4 is 25.2 Å². The van der Waals surface area contributed by atoms with Gasteiger partial charge in [-0.3, -0.25) is 5.01 Å². The molecule has 3 heterocycles. The predicted octanol–water partition coefficient (Wildman–Crippen LogP) is 2.59. The van der Waals surface area contributed by atoms with E-state index in [1.807, 2.05) is 75.6 Å². The molecule has 0 fully saturated rings. The minimum Gasteiger partial charge on any atom is -0.851 e. The molecule has 1 aliphatic heterocycles. The third kappa shape index (κ3) is 6.57. The normalized spacial score (nSPS) is 18.5. The van der Waals surface area contributed by atoms with Crippen LogP contribution in [-0.2, 0) is 0 Å². The molecule has 0 aliphatic carbocycles. The number of fused-ring (bicyclic) bond motifs is 3. The number of nitrogens with one attached hydrogen (secondary N) is 2. The van der Waals surface area contributed by atoms with Crippen molar-refractivity contribution in [2.24, 2.45) is 16.4 Å². The quantitative estimate of drug-likeness (QED) is 0.323. The van der Waals surface area contributed by atoms with Crippen molar-refractivity contribution in [2.75, 3.05) is 5.01 Å². The molecule has 2 N–H and O–H groups in total. The maximum Gasteiger partial charge on any atom is 2.00 e. The molecule has 0 amide bonds. The topological polar surface area (TPSA) is 90.0 Å². The minimum absolute atomic E-state index is 0. The Morgan fingerprint density at radius 2 is 1.43 bits per heavy atom. The van der Waals surface area contributed by atoms with Gasteiger partial charge in [-0.1, -0.05) is 45.4 Å². The maximum absolute atomic E-state index is 12.5. The van der Waals surface area contributed by atoms with Crippen molar-refractivity contribution in [3.05, 3.63) is 79.1 Å². The summed E-state index contributed by atoms with van der Waals surface area (Å²) in [6.07, 6.45) is 2.34. The third-order valence-electron chi connectivity index (χ3n) is 6.00. The van der Waals surface area contributed by atoms with E-state index in [0.29, 0.717) is 12.1 Å². The predicted molar refractivity (Wildman–Crippen MR) is 137 cm³/mol. The number of nitrogens with zero attached hydrogens (tertiary/aromatic N) is 2. The molecule has 5 rings (SSSR count). The maximum atomic E-state index is 12.5. The summed E-state index contributed by atoms with van der Waals surface area (Å²) >= 11 is 0. The van der Waals surface area contributed by atoms with Crippen molar-refractivity contribution in [2.45, 2.75) is 46.4 Å². The molecular formula is C28H32CaN4O2+2. The number of anilines is 1. The van der Waals surface area contributed by atoms with Crippen LogP contribution in [0.25, 0.3) is 21.8 Å². The number of hydrogen-bond donors (Lipinski definition) is 0. The number of rotatable bonds is 3. The van der Waals surface area contributed by atoms with Gasteiger partial charge in [-0.25, -0.2) is 9.97 Å². The minimum atomic E-state index is -1.12. The fourth-order valence-electron chi connectivity index (χ4n) is 4.41. The van der Waals surface area contributed by atoms with Crippen molar-refractivity contribution in [3.63, 3.8) is 0 Å². The van der Waals surface area contributed by atoms with Crippen molar-refractivity contribution in [3.8, 4) is 0 Å². The molecule has 35 heavy (non-hydrogen) atoms. The zero-order valence-corrected chi connectivity index (χ0v) is 23.1. The molecule has 0 spiro atoms. The zero-order chi connectivity index (χ0) is 24.3. The first-order chi connectivity index (χ1) is 16.2. The summed E-state index contributed by atoms with van der Waals surface area (Å²) in [5.74, 6) is -0.561. The Hall–Kier alpha value is -2.09. The van der Waals surface area contributed by atoms with Gasteiger partial charge in [0.15, 0.2) is 12.4 Å². The van der Waals surface area contributed by atoms with Gasteiger partial charge >= 0.3 is 37.7 Å². The Bertz CT molecular complexity index is 1240. The summed E-state index contributed by atoms with van der Waals surface area (Å²) in [4.78, 5) is 6.53. The van der Waals surface area contributed by atoms with E-state index in [2.05, 4.69) is 39.3 Å². The Kier molecular flexibility index (Phi) is 9.24. The van der Waals surface area contributed by atoms with Crippen molar-refractivity contribution in [1.29, 1.82) is 0 Å². The number of hydrogen-bond acceptors (Lipinski definition) is 4. The summed E-state index contributed by atoms with van der Waals surface area (Å²) < 4.78 is 0. The first-order valence-electron chi connectivity index (χ1n) is 11.7. The van der Waals surface area contributed by atoms with Crippen LogP contribution in [0.4, 0.5) is 5.69 Å². The van der Waals surface area contributed by atoms with E-state index in [1.54, 1.807) is 6.92 Å². The average molecular weight is 497 g/mol. The van der Waals surface area contributed by atoms with Gasteiger partial charge in [0, 0.05) is 17.8 Å². The summed E-state index contributed by atoms with van der Waals surface area (Å²) in [7, 11) is 0. The molecule has 1 aliphatic rings. The number of aromatic nitrogens is 2. The van der Waals surface area contributed by atoms with Crippen LogP contribution in [0.3, 0.4) is 0 Å². The Labute approximate surface area is 236 Å². The van der Waals surface area contributed by atoms with Gasteiger partial charge in [0.25, 0.3) is 11.0 Å². The fraction of sp³-hybridized carbons (Fsp3) is 0.321. The SMILES string of the molecule is CC1=NN(c2ccccc2)C([O-])C1C([O-])CC(C)(C)C.[Ca+2].c1c[nH+]c2c(c1)ccc1ccc[nH+]c12. The second-order valence-corrected chi connectivity index (χ2v) is 9.98. The largest absolute Gasteiger partial charge is 2.00 e. The monoisotopic (exact) mass is 496 g/mol. The molecule has 0 radical (unpaired) electrons. The van der Waals surface area contributed by atoms with Crippen LogP contribution in [-0.4, -0.2) is 55.8 Å². The molecule has 6 nitrogen and oxygen atoms in total. The number of pyridine rings is 2. The van der Waals surface area contributed by atoms with Gasteiger partial charge < -0.3 is 10.2 Å². The molecule has 0 bridgehead atoms. The van der Waals surface area contributed by atoms with E-state index in [4.69, 9.17) is 0 Å². The Balaban J connectivity index is 0.000000200. The smallest absolute Gasteiger partial charge is 0.851 e. The summed E-state index contributed by atoms with van der Waals surface area (Å²) in [5.41, 5.74) is 3.64. The first-order valence-corrected chi connectivity index (χ1v) is 11.7. The summed E-state index contributed by atoms with van der Waals surface area (Å²) in [6.45, 7) is 7.85. The van der Waals surface area contributed by atoms with Gasteiger partial charge in [-0.15, -0.1) is 6.10 Å². The summed E-state index contributed by atoms with van der Waals surface area (Å²) in [6, 6.07) is 21.8. The third-order valence-corrected chi connectivity index (χ3v) is 6.00. The van der Waals surface area contributed by atoms with E-state index < -0.39 is 18.2 Å². The van der Waals surface area contributed by atoms with E-state index in [9.17, 15) is 10.2 Å². The number of aromatic amines is 2. The van der Waals surface area contributed by atoms with Gasteiger partial charge in [-0.2, -0.15) is 5.10 Å². The van der Waals surface area contributed by atoms with Crippen LogP contribution in [0.1, 0.15) is 34.1 Å². The fourth-order valence-corrected chi connectivity index (χ4v) is 4.41. The Morgan fingerprint density at radius 1 is 0.886 bits per heavy atom. The molecule has 2 aromatic heterocycles. The number of benzene rings is 2. The Morgan fingerprint density at radius 3 is 1.94 bits per heavy atom. The molecule has 176 valence electrons. The van der Waals surface area contributed by atoms with Crippen LogP contribution in [0, 0.1) is 11.3 Å². The van der Waals surface area contributed by atoms with E-state index in [-0.39, 0.29) is 43.2 Å². The molecule has 0 saturated heterocycles. The van der Waals surface area contributed by atoms with Crippen molar-refractivity contribution >= 4 is 70.9 Å². The van der Waals surface area contributed by atoms with E-state index in [0.717, 1.165) is 16.7 Å². The van der Waals surface area contributed by atoms with E-state index >= 15 is 0 Å². The molecule has 3 atom stereocenters. The number of hydrazone groups is 1. The first kappa shape index (κ1) is 27.5. The molecule has 0 saturated carbocycles. The van der Waals surface area contributed by atoms with Crippen LogP contribution >= 0.6 is 0 Å².